The van der Waals surface area contributed by atoms with Gasteiger partial charge in [0.2, 0.25) is 5.95 Å². The van der Waals surface area contributed by atoms with Gasteiger partial charge in [0.05, 0.1) is 0 Å². The van der Waals surface area contributed by atoms with Gasteiger partial charge in [-0.25, -0.2) is 0 Å². The van der Waals surface area contributed by atoms with Crippen LogP contribution in [0, 0.1) is 0 Å². The highest BCUT2D eigenvalue weighted by atomic mass is 16.1. The van der Waals surface area contributed by atoms with Crippen molar-refractivity contribution in [1.82, 2.24) is 15.2 Å². The molecule has 5 heteroatoms. The molecule has 2 heterocycles. The first kappa shape index (κ1) is 13.1. The highest BCUT2D eigenvalue weighted by molar-refractivity contribution is 5.28. The van der Waals surface area contributed by atoms with E-state index in [0.29, 0.717) is 11.6 Å². The second-order valence-corrected chi connectivity index (χ2v) is 5.98. The van der Waals surface area contributed by atoms with E-state index in [0.717, 1.165) is 25.9 Å². The molecule has 0 aliphatic carbocycles. The van der Waals surface area contributed by atoms with Crippen LogP contribution in [0.3, 0.4) is 0 Å². The highest BCUT2D eigenvalue weighted by Crippen LogP contribution is 2.17. The molecule has 0 saturated carbocycles. The molecule has 1 aliphatic rings. The Bertz CT molecular complexity index is 453. The van der Waals surface area contributed by atoms with Crippen LogP contribution in [-0.2, 0) is 5.41 Å². The van der Waals surface area contributed by atoms with Crippen molar-refractivity contribution in [1.29, 1.82) is 0 Å². The van der Waals surface area contributed by atoms with Gasteiger partial charge in [0.1, 0.15) is 5.69 Å². The number of nitrogens with one attached hydrogen (secondary N) is 1. The SMILES string of the molecule is CC(C)(C)c1nnc(N2CCCCCC2)[nH]c1=O. The van der Waals surface area contributed by atoms with Crippen LogP contribution in [0.15, 0.2) is 4.79 Å². The lowest BCUT2D eigenvalue weighted by Crippen LogP contribution is -2.33. The lowest BCUT2D eigenvalue weighted by Gasteiger charge is -2.21. The van der Waals surface area contributed by atoms with Gasteiger partial charge in [-0.3, -0.25) is 9.78 Å². The topological polar surface area (TPSA) is 61.9 Å². The molecule has 0 radical (unpaired) electrons. The molecule has 0 aromatic carbocycles. The maximum Gasteiger partial charge on any atom is 0.274 e. The Morgan fingerprint density at radius 2 is 1.67 bits per heavy atom. The second kappa shape index (κ2) is 5.08. The van der Waals surface area contributed by atoms with E-state index < -0.39 is 0 Å². The standard InChI is InChI=1S/C13H22N4O/c1-13(2,3)10-11(18)14-12(16-15-10)17-8-6-4-5-7-9-17/h4-9H2,1-3H3,(H,14,16,18). The molecule has 18 heavy (non-hydrogen) atoms. The number of nitrogens with zero attached hydrogens (tertiary/aromatic N) is 3. The minimum absolute atomic E-state index is 0.114. The van der Waals surface area contributed by atoms with E-state index in [4.69, 9.17) is 0 Å². The van der Waals surface area contributed by atoms with Gasteiger partial charge in [0.15, 0.2) is 0 Å². The molecule has 1 aromatic rings. The summed E-state index contributed by atoms with van der Waals surface area (Å²) in [5, 5.41) is 8.31. The largest absolute Gasteiger partial charge is 0.341 e. The number of anilines is 1. The number of hydrogen-bond donors (Lipinski definition) is 1. The van der Waals surface area contributed by atoms with E-state index >= 15 is 0 Å². The van der Waals surface area contributed by atoms with Crippen molar-refractivity contribution in [2.24, 2.45) is 0 Å². The van der Waals surface area contributed by atoms with E-state index in [1.54, 1.807) is 0 Å². The first-order valence-electron chi connectivity index (χ1n) is 6.71. The van der Waals surface area contributed by atoms with Gasteiger partial charge in [0.25, 0.3) is 5.56 Å². The summed E-state index contributed by atoms with van der Waals surface area (Å²) in [6.07, 6.45) is 4.83. The Morgan fingerprint density at radius 1 is 1.06 bits per heavy atom. The number of hydrogen-bond acceptors (Lipinski definition) is 4. The summed E-state index contributed by atoms with van der Waals surface area (Å²) in [4.78, 5) is 17.0. The van der Waals surface area contributed by atoms with Gasteiger partial charge >= 0.3 is 0 Å². The van der Waals surface area contributed by atoms with Gasteiger partial charge in [-0.15, -0.1) is 10.2 Å². The zero-order valence-corrected chi connectivity index (χ0v) is 11.5. The van der Waals surface area contributed by atoms with Gasteiger partial charge in [-0.05, 0) is 12.8 Å². The molecule has 0 atom stereocenters. The van der Waals surface area contributed by atoms with Crippen molar-refractivity contribution >= 4 is 5.95 Å². The van der Waals surface area contributed by atoms with Crippen LogP contribution in [0.2, 0.25) is 0 Å². The van der Waals surface area contributed by atoms with Gasteiger partial charge < -0.3 is 4.90 Å². The van der Waals surface area contributed by atoms with Crippen molar-refractivity contribution in [3.05, 3.63) is 16.0 Å². The molecule has 1 saturated heterocycles. The summed E-state index contributed by atoms with van der Waals surface area (Å²) in [5.74, 6) is 0.620. The maximum absolute atomic E-state index is 12.0. The molecule has 1 fully saturated rings. The average molecular weight is 250 g/mol. The third kappa shape index (κ3) is 2.89. The van der Waals surface area contributed by atoms with Gasteiger partial charge in [0, 0.05) is 18.5 Å². The lowest BCUT2D eigenvalue weighted by atomic mass is 9.93. The number of aromatic amines is 1. The monoisotopic (exact) mass is 250 g/mol. The molecule has 0 unspecified atom stereocenters. The first-order chi connectivity index (χ1) is 8.48. The summed E-state index contributed by atoms with van der Waals surface area (Å²) < 4.78 is 0. The molecule has 1 aliphatic heterocycles. The molecule has 100 valence electrons. The Kier molecular flexibility index (Phi) is 3.68. The third-order valence-corrected chi connectivity index (χ3v) is 3.30. The van der Waals surface area contributed by atoms with Crippen LogP contribution in [0.25, 0.3) is 0 Å². The molecule has 5 nitrogen and oxygen atoms in total. The fourth-order valence-electron chi connectivity index (χ4n) is 2.24. The van der Waals surface area contributed by atoms with Gasteiger partial charge in [-0.2, -0.15) is 0 Å². The summed E-state index contributed by atoms with van der Waals surface area (Å²) in [7, 11) is 0. The summed E-state index contributed by atoms with van der Waals surface area (Å²) >= 11 is 0. The Morgan fingerprint density at radius 3 is 2.17 bits per heavy atom. The van der Waals surface area contributed by atoms with E-state index in [1.807, 2.05) is 20.8 Å². The minimum atomic E-state index is -0.266. The molecule has 1 N–H and O–H groups in total. The van der Waals surface area contributed by atoms with Crippen molar-refractivity contribution in [2.75, 3.05) is 18.0 Å². The Hall–Kier alpha value is -1.39. The van der Waals surface area contributed by atoms with Crippen LogP contribution >= 0.6 is 0 Å². The number of H-pyrrole nitrogens is 1. The minimum Gasteiger partial charge on any atom is -0.341 e. The van der Waals surface area contributed by atoms with Crippen LogP contribution in [0.4, 0.5) is 5.95 Å². The first-order valence-corrected chi connectivity index (χ1v) is 6.71. The molecule has 0 spiro atoms. The third-order valence-electron chi connectivity index (χ3n) is 3.30. The normalized spacial score (nSPS) is 17.6. The molecule has 0 amide bonds. The van der Waals surface area contributed by atoms with Crippen LogP contribution in [-0.4, -0.2) is 28.3 Å². The van der Waals surface area contributed by atoms with Crippen molar-refractivity contribution in [3.8, 4) is 0 Å². The summed E-state index contributed by atoms with van der Waals surface area (Å²) in [6.45, 7) is 7.83. The van der Waals surface area contributed by atoms with E-state index in [1.165, 1.54) is 12.8 Å². The van der Waals surface area contributed by atoms with Crippen LogP contribution in [0.5, 0.6) is 0 Å². The van der Waals surface area contributed by atoms with Crippen LogP contribution < -0.4 is 10.5 Å². The lowest BCUT2D eigenvalue weighted by molar-refractivity contribution is 0.544. The highest BCUT2D eigenvalue weighted by Gasteiger charge is 2.22. The van der Waals surface area contributed by atoms with E-state index in [-0.39, 0.29) is 11.0 Å². The smallest absolute Gasteiger partial charge is 0.274 e. The number of rotatable bonds is 1. The molecule has 2 rings (SSSR count). The fourth-order valence-corrected chi connectivity index (χ4v) is 2.24. The average Bonchev–Trinajstić information content (AvgIpc) is 2.55. The Balaban J connectivity index is 2.25. The van der Waals surface area contributed by atoms with Gasteiger partial charge in [-0.1, -0.05) is 33.6 Å². The number of aromatic nitrogens is 3. The molecule has 1 aromatic heterocycles. The van der Waals surface area contributed by atoms with E-state index in [2.05, 4.69) is 20.1 Å². The fraction of sp³-hybridized carbons (Fsp3) is 0.769. The predicted octanol–water partition coefficient (Wildman–Crippen LogP) is 1.84. The molecule has 0 bridgehead atoms. The van der Waals surface area contributed by atoms with Crippen LogP contribution in [0.1, 0.15) is 52.1 Å². The summed E-state index contributed by atoms with van der Waals surface area (Å²) in [5.41, 5.74) is 0.121. The van der Waals surface area contributed by atoms with E-state index in [9.17, 15) is 4.79 Å². The predicted molar refractivity (Wildman–Crippen MR) is 72.0 cm³/mol. The summed E-state index contributed by atoms with van der Waals surface area (Å²) in [6, 6.07) is 0. The Labute approximate surface area is 108 Å². The van der Waals surface area contributed by atoms with Crippen molar-refractivity contribution in [3.63, 3.8) is 0 Å². The zero-order chi connectivity index (χ0) is 13.2. The van der Waals surface area contributed by atoms with Crippen molar-refractivity contribution in [2.45, 2.75) is 51.9 Å². The zero-order valence-electron chi connectivity index (χ0n) is 11.5. The van der Waals surface area contributed by atoms with Crippen molar-refractivity contribution < 1.29 is 0 Å². The molecular weight excluding hydrogens is 228 g/mol. The molecular formula is C13H22N4O. The maximum atomic E-state index is 12.0. The second-order valence-electron chi connectivity index (χ2n) is 5.98. The quantitative estimate of drug-likeness (QED) is 0.826.